The normalized spacial score (nSPS) is 10.7. The van der Waals surface area contributed by atoms with Crippen molar-refractivity contribution in [3.63, 3.8) is 0 Å². The Labute approximate surface area is 113 Å². The lowest BCUT2D eigenvalue weighted by atomic mass is 10.2. The number of halogens is 1. The van der Waals surface area contributed by atoms with E-state index in [0.717, 1.165) is 24.4 Å². The standard InChI is InChI=1S/C15H19FN2O/c1-4-12-8-13(18(5-2)17-12)10-19-14-7-6-11(3)15(16)9-14/h6-9H,4-5,10H2,1-3H3. The highest BCUT2D eigenvalue weighted by molar-refractivity contribution is 5.28. The Morgan fingerprint density at radius 1 is 1.26 bits per heavy atom. The lowest BCUT2D eigenvalue weighted by molar-refractivity contribution is 0.291. The number of hydrogen-bond acceptors (Lipinski definition) is 2. The van der Waals surface area contributed by atoms with Gasteiger partial charge < -0.3 is 4.74 Å². The summed E-state index contributed by atoms with van der Waals surface area (Å²) in [6.45, 7) is 7.06. The molecule has 1 aromatic heterocycles. The number of rotatable bonds is 5. The molecule has 0 unspecified atom stereocenters. The van der Waals surface area contributed by atoms with Crippen LogP contribution >= 0.6 is 0 Å². The van der Waals surface area contributed by atoms with Crippen LogP contribution in [0.3, 0.4) is 0 Å². The predicted octanol–water partition coefficient (Wildman–Crippen LogP) is 3.49. The van der Waals surface area contributed by atoms with Gasteiger partial charge in [0.2, 0.25) is 0 Å². The molecule has 0 aliphatic heterocycles. The van der Waals surface area contributed by atoms with Crippen molar-refractivity contribution < 1.29 is 9.13 Å². The molecule has 0 atom stereocenters. The Bertz CT molecular complexity index is 563. The summed E-state index contributed by atoms with van der Waals surface area (Å²) < 4.78 is 21.0. The number of aryl methyl sites for hydroxylation is 3. The molecule has 1 heterocycles. The SMILES string of the molecule is CCc1cc(COc2ccc(C)c(F)c2)n(CC)n1. The van der Waals surface area contributed by atoms with Crippen LogP contribution in [0.1, 0.15) is 30.8 Å². The molecular weight excluding hydrogens is 243 g/mol. The van der Waals surface area contributed by atoms with Crippen molar-refractivity contribution in [1.29, 1.82) is 0 Å². The molecule has 0 N–H and O–H groups in total. The molecule has 2 rings (SSSR count). The van der Waals surface area contributed by atoms with Crippen LogP contribution in [-0.4, -0.2) is 9.78 Å². The first kappa shape index (κ1) is 13.6. The molecule has 3 nitrogen and oxygen atoms in total. The maximum absolute atomic E-state index is 13.4. The van der Waals surface area contributed by atoms with Crippen LogP contribution in [0.2, 0.25) is 0 Å². The van der Waals surface area contributed by atoms with Gasteiger partial charge in [-0.15, -0.1) is 0 Å². The van der Waals surface area contributed by atoms with Crippen LogP contribution in [0.15, 0.2) is 24.3 Å². The average molecular weight is 262 g/mol. The van der Waals surface area contributed by atoms with Gasteiger partial charge in [-0.05, 0) is 38.0 Å². The van der Waals surface area contributed by atoms with Gasteiger partial charge in [0.1, 0.15) is 18.2 Å². The number of nitrogens with zero attached hydrogens (tertiary/aromatic N) is 2. The molecule has 0 bridgehead atoms. The summed E-state index contributed by atoms with van der Waals surface area (Å²) in [5.41, 5.74) is 2.69. The van der Waals surface area contributed by atoms with Gasteiger partial charge in [-0.2, -0.15) is 5.10 Å². The molecule has 0 amide bonds. The quantitative estimate of drug-likeness (QED) is 0.824. The van der Waals surface area contributed by atoms with Crippen molar-refractivity contribution in [3.05, 3.63) is 47.0 Å². The van der Waals surface area contributed by atoms with Gasteiger partial charge in [0.15, 0.2) is 0 Å². The number of hydrogen-bond donors (Lipinski definition) is 0. The molecule has 2 aromatic rings. The van der Waals surface area contributed by atoms with Crippen molar-refractivity contribution in [1.82, 2.24) is 9.78 Å². The van der Waals surface area contributed by atoms with E-state index in [1.807, 2.05) is 17.7 Å². The molecule has 102 valence electrons. The Kier molecular flexibility index (Phi) is 4.20. The molecule has 0 radical (unpaired) electrons. The van der Waals surface area contributed by atoms with Crippen LogP contribution in [-0.2, 0) is 19.6 Å². The zero-order valence-corrected chi connectivity index (χ0v) is 11.6. The van der Waals surface area contributed by atoms with Crippen molar-refractivity contribution in [2.24, 2.45) is 0 Å². The average Bonchev–Trinajstić information content (AvgIpc) is 2.82. The van der Waals surface area contributed by atoms with Gasteiger partial charge in [-0.3, -0.25) is 4.68 Å². The second-order valence-corrected chi connectivity index (χ2v) is 4.50. The fourth-order valence-electron chi connectivity index (χ4n) is 1.90. The Balaban J connectivity index is 2.09. The maximum atomic E-state index is 13.4. The fourth-order valence-corrected chi connectivity index (χ4v) is 1.90. The first-order valence-electron chi connectivity index (χ1n) is 6.58. The van der Waals surface area contributed by atoms with E-state index in [-0.39, 0.29) is 5.82 Å². The van der Waals surface area contributed by atoms with Crippen LogP contribution in [0, 0.1) is 12.7 Å². The molecule has 0 saturated carbocycles. The third-order valence-corrected chi connectivity index (χ3v) is 3.11. The molecule has 0 spiro atoms. The van der Waals surface area contributed by atoms with Gasteiger partial charge in [0.25, 0.3) is 0 Å². The molecule has 0 aliphatic carbocycles. The van der Waals surface area contributed by atoms with E-state index >= 15 is 0 Å². The zero-order chi connectivity index (χ0) is 13.8. The smallest absolute Gasteiger partial charge is 0.130 e. The van der Waals surface area contributed by atoms with Gasteiger partial charge in [0, 0.05) is 12.6 Å². The summed E-state index contributed by atoms with van der Waals surface area (Å²) in [7, 11) is 0. The minimum absolute atomic E-state index is 0.240. The summed E-state index contributed by atoms with van der Waals surface area (Å²) in [4.78, 5) is 0. The molecule has 0 saturated heterocycles. The number of ether oxygens (including phenoxy) is 1. The summed E-state index contributed by atoms with van der Waals surface area (Å²) in [5, 5.41) is 4.45. The van der Waals surface area contributed by atoms with Gasteiger partial charge in [-0.25, -0.2) is 4.39 Å². The molecular formula is C15H19FN2O. The maximum Gasteiger partial charge on any atom is 0.130 e. The van der Waals surface area contributed by atoms with E-state index in [4.69, 9.17) is 4.74 Å². The van der Waals surface area contributed by atoms with Crippen molar-refractivity contribution in [2.75, 3.05) is 0 Å². The first-order valence-corrected chi connectivity index (χ1v) is 6.58. The van der Waals surface area contributed by atoms with E-state index in [2.05, 4.69) is 12.0 Å². The third kappa shape index (κ3) is 3.13. The van der Waals surface area contributed by atoms with Crippen LogP contribution in [0.4, 0.5) is 4.39 Å². The summed E-state index contributed by atoms with van der Waals surface area (Å²) in [6.07, 6.45) is 0.902. The van der Waals surface area contributed by atoms with Crippen LogP contribution in [0.25, 0.3) is 0 Å². The second kappa shape index (κ2) is 5.87. The minimum Gasteiger partial charge on any atom is -0.487 e. The third-order valence-electron chi connectivity index (χ3n) is 3.11. The lowest BCUT2D eigenvalue weighted by Crippen LogP contribution is -2.06. The topological polar surface area (TPSA) is 27.1 Å². The van der Waals surface area contributed by atoms with E-state index in [9.17, 15) is 4.39 Å². The van der Waals surface area contributed by atoms with Crippen molar-refractivity contribution >= 4 is 0 Å². The summed E-state index contributed by atoms with van der Waals surface area (Å²) in [6, 6.07) is 6.96. The Morgan fingerprint density at radius 2 is 2.05 bits per heavy atom. The summed E-state index contributed by atoms with van der Waals surface area (Å²) >= 11 is 0. The molecule has 1 aromatic carbocycles. The van der Waals surface area contributed by atoms with Crippen molar-refractivity contribution in [3.8, 4) is 5.75 Å². The molecule has 19 heavy (non-hydrogen) atoms. The minimum atomic E-state index is -0.240. The highest BCUT2D eigenvalue weighted by atomic mass is 19.1. The van der Waals surface area contributed by atoms with Crippen molar-refractivity contribution in [2.45, 2.75) is 40.3 Å². The first-order chi connectivity index (χ1) is 9.13. The monoisotopic (exact) mass is 262 g/mol. The largest absolute Gasteiger partial charge is 0.487 e. The predicted molar refractivity (Wildman–Crippen MR) is 72.7 cm³/mol. The number of aromatic nitrogens is 2. The fraction of sp³-hybridized carbons (Fsp3) is 0.400. The van der Waals surface area contributed by atoms with E-state index in [1.54, 1.807) is 19.1 Å². The summed E-state index contributed by atoms with van der Waals surface area (Å²) in [5.74, 6) is 0.306. The van der Waals surface area contributed by atoms with E-state index in [0.29, 0.717) is 17.9 Å². The highest BCUT2D eigenvalue weighted by Gasteiger charge is 2.07. The van der Waals surface area contributed by atoms with Gasteiger partial charge in [0.05, 0.1) is 11.4 Å². The Morgan fingerprint density at radius 3 is 2.68 bits per heavy atom. The van der Waals surface area contributed by atoms with Crippen LogP contribution < -0.4 is 4.74 Å². The van der Waals surface area contributed by atoms with E-state index in [1.165, 1.54) is 6.07 Å². The molecule has 4 heteroatoms. The van der Waals surface area contributed by atoms with Crippen LogP contribution in [0.5, 0.6) is 5.75 Å². The van der Waals surface area contributed by atoms with Gasteiger partial charge in [-0.1, -0.05) is 13.0 Å². The highest BCUT2D eigenvalue weighted by Crippen LogP contribution is 2.17. The number of benzene rings is 1. The zero-order valence-electron chi connectivity index (χ0n) is 11.6. The van der Waals surface area contributed by atoms with Gasteiger partial charge >= 0.3 is 0 Å². The Hall–Kier alpha value is -1.84. The lowest BCUT2D eigenvalue weighted by Gasteiger charge is -2.08. The van der Waals surface area contributed by atoms with E-state index < -0.39 is 0 Å². The second-order valence-electron chi connectivity index (χ2n) is 4.50. The molecule has 0 aliphatic rings. The molecule has 0 fully saturated rings.